The molecular formula is C16H29N3O5S. The molecule has 1 heterocycles. The summed E-state index contributed by atoms with van der Waals surface area (Å²) < 4.78 is 30.3. The van der Waals surface area contributed by atoms with Crippen LogP contribution in [0.15, 0.2) is 4.52 Å². The quantitative estimate of drug-likeness (QED) is 0.586. The van der Waals surface area contributed by atoms with Crippen LogP contribution in [-0.4, -0.2) is 44.0 Å². The summed E-state index contributed by atoms with van der Waals surface area (Å²) in [6, 6.07) is 0.421. The van der Waals surface area contributed by atoms with Crippen molar-refractivity contribution in [2.75, 3.05) is 12.8 Å². The second-order valence-electron chi connectivity index (χ2n) is 6.26. The maximum atomic E-state index is 11.2. The highest BCUT2D eigenvalue weighted by Gasteiger charge is 2.26. The minimum atomic E-state index is -3.22. The number of carboxylic acid groups (broad SMARTS) is 1. The van der Waals surface area contributed by atoms with Crippen LogP contribution < -0.4 is 10.0 Å². The number of sulfonamides is 1. The average Bonchev–Trinajstić information content (AvgIpc) is 2.96. The highest BCUT2D eigenvalue weighted by molar-refractivity contribution is 7.88. The zero-order valence-corrected chi connectivity index (χ0v) is 15.9. The molecule has 144 valence electrons. The van der Waals surface area contributed by atoms with Gasteiger partial charge in [0.15, 0.2) is 0 Å². The molecule has 0 aliphatic heterocycles. The summed E-state index contributed by atoms with van der Waals surface area (Å²) in [7, 11) is -3.22. The van der Waals surface area contributed by atoms with Crippen molar-refractivity contribution in [2.24, 2.45) is 5.92 Å². The number of aryl methyl sites for hydroxylation is 1. The summed E-state index contributed by atoms with van der Waals surface area (Å²) >= 11 is 0. The van der Waals surface area contributed by atoms with Gasteiger partial charge in [0.25, 0.3) is 6.47 Å². The minimum absolute atomic E-state index is 0.205. The normalized spacial score (nSPS) is 16.9. The molecule has 1 aliphatic carbocycles. The second kappa shape index (κ2) is 10.5. The van der Waals surface area contributed by atoms with Crippen LogP contribution in [0.25, 0.3) is 0 Å². The van der Waals surface area contributed by atoms with Gasteiger partial charge in [0, 0.05) is 18.0 Å². The molecule has 1 aromatic heterocycles. The lowest BCUT2D eigenvalue weighted by Gasteiger charge is -2.25. The van der Waals surface area contributed by atoms with Crippen molar-refractivity contribution >= 4 is 16.5 Å². The first-order valence-electron chi connectivity index (χ1n) is 8.56. The fourth-order valence-electron chi connectivity index (χ4n) is 2.89. The summed E-state index contributed by atoms with van der Waals surface area (Å²) in [5, 5.41) is 14.6. The van der Waals surface area contributed by atoms with Gasteiger partial charge in [0.1, 0.15) is 11.5 Å². The molecule has 2 rings (SSSR count). The van der Waals surface area contributed by atoms with Crippen LogP contribution in [0, 0.1) is 5.92 Å². The summed E-state index contributed by atoms with van der Waals surface area (Å²) in [6.07, 6.45) is 6.30. The molecule has 1 unspecified atom stereocenters. The molecule has 8 nitrogen and oxygen atoms in total. The number of hydrogen-bond donors (Lipinski definition) is 3. The second-order valence-corrected chi connectivity index (χ2v) is 8.09. The van der Waals surface area contributed by atoms with E-state index in [9.17, 15) is 8.42 Å². The first kappa shape index (κ1) is 21.6. The molecule has 25 heavy (non-hydrogen) atoms. The molecule has 1 atom stereocenters. The zero-order valence-electron chi connectivity index (χ0n) is 15.1. The van der Waals surface area contributed by atoms with Crippen molar-refractivity contribution in [3.05, 3.63) is 17.0 Å². The van der Waals surface area contributed by atoms with Gasteiger partial charge in [-0.3, -0.25) is 4.79 Å². The predicted octanol–water partition coefficient (Wildman–Crippen LogP) is 1.31. The van der Waals surface area contributed by atoms with Crippen LogP contribution in [-0.2, 0) is 34.2 Å². The van der Waals surface area contributed by atoms with E-state index >= 15 is 0 Å². The molecular weight excluding hydrogens is 346 g/mol. The van der Waals surface area contributed by atoms with Crippen LogP contribution in [0.4, 0.5) is 0 Å². The first-order valence-corrected chi connectivity index (χ1v) is 10.5. The third kappa shape index (κ3) is 7.54. The molecule has 3 N–H and O–H groups in total. The van der Waals surface area contributed by atoms with Crippen molar-refractivity contribution in [3.63, 3.8) is 0 Å². The van der Waals surface area contributed by atoms with E-state index in [0.29, 0.717) is 6.04 Å². The molecule has 0 bridgehead atoms. The van der Waals surface area contributed by atoms with E-state index in [-0.39, 0.29) is 13.0 Å². The molecule has 0 aromatic carbocycles. The summed E-state index contributed by atoms with van der Waals surface area (Å²) in [6.45, 7) is 5.44. The third-order valence-corrected chi connectivity index (χ3v) is 5.14. The molecule has 0 radical (unpaired) electrons. The Morgan fingerprint density at radius 2 is 2.04 bits per heavy atom. The third-order valence-electron chi connectivity index (χ3n) is 4.47. The molecule has 1 aliphatic rings. The number of rotatable bonds is 8. The van der Waals surface area contributed by atoms with Gasteiger partial charge >= 0.3 is 0 Å². The number of aromatic nitrogens is 1. The molecule has 0 spiro atoms. The summed E-state index contributed by atoms with van der Waals surface area (Å²) in [4.78, 5) is 8.36. The Bertz CT molecular complexity index is 626. The van der Waals surface area contributed by atoms with Gasteiger partial charge in [-0.05, 0) is 25.3 Å². The van der Waals surface area contributed by atoms with Crippen molar-refractivity contribution in [2.45, 2.75) is 58.5 Å². The lowest BCUT2D eigenvalue weighted by molar-refractivity contribution is -0.122. The van der Waals surface area contributed by atoms with Gasteiger partial charge in [-0.1, -0.05) is 31.8 Å². The topological polar surface area (TPSA) is 122 Å². The van der Waals surface area contributed by atoms with Crippen LogP contribution >= 0.6 is 0 Å². The SMILES string of the molecule is CCC(CC)CNC1CCc2onc(CNS(C)(=O)=O)c2C1.O=CO. The minimum Gasteiger partial charge on any atom is -0.483 e. The van der Waals surface area contributed by atoms with Gasteiger partial charge < -0.3 is 14.9 Å². The van der Waals surface area contributed by atoms with E-state index in [4.69, 9.17) is 14.4 Å². The zero-order chi connectivity index (χ0) is 18.9. The molecule has 0 saturated carbocycles. The largest absolute Gasteiger partial charge is 0.483 e. The van der Waals surface area contributed by atoms with Gasteiger partial charge in [-0.15, -0.1) is 0 Å². The van der Waals surface area contributed by atoms with E-state index in [1.54, 1.807) is 0 Å². The summed E-state index contributed by atoms with van der Waals surface area (Å²) in [5.74, 6) is 1.63. The number of nitrogens with zero attached hydrogens (tertiary/aromatic N) is 1. The Labute approximate surface area is 149 Å². The summed E-state index contributed by atoms with van der Waals surface area (Å²) in [5.41, 5.74) is 1.79. The molecule has 0 amide bonds. The smallest absolute Gasteiger partial charge is 0.290 e. The van der Waals surface area contributed by atoms with E-state index in [1.807, 2.05) is 0 Å². The average molecular weight is 375 g/mol. The molecule has 9 heteroatoms. The van der Waals surface area contributed by atoms with Crippen molar-refractivity contribution in [1.29, 1.82) is 0 Å². The predicted molar refractivity (Wildman–Crippen MR) is 94.8 cm³/mol. The highest BCUT2D eigenvalue weighted by Crippen LogP contribution is 2.25. The Kier molecular flexibility index (Phi) is 9.09. The fraction of sp³-hybridized carbons (Fsp3) is 0.750. The highest BCUT2D eigenvalue weighted by atomic mass is 32.2. The van der Waals surface area contributed by atoms with Crippen molar-refractivity contribution in [3.8, 4) is 0 Å². The van der Waals surface area contributed by atoms with Gasteiger partial charge in [0.2, 0.25) is 10.0 Å². The van der Waals surface area contributed by atoms with E-state index < -0.39 is 10.0 Å². The number of nitrogens with one attached hydrogen (secondary N) is 2. The van der Waals surface area contributed by atoms with E-state index in [2.05, 4.69) is 29.0 Å². The van der Waals surface area contributed by atoms with Gasteiger partial charge in [-0.25, -0.2) is 13.1 Å². The van der Waals surface area contributed by atoms with Crippen molar-refractivity contribution in [1.82, 2.24) is 15.2 Å². The van der Waals surface area contributed by atoms with E-state index in [0.717, 1.165) is 55.0 Å². The monoisotopic (exact) mass is 375 g/mol. The van der Waals surface area contributed by atoms with Crippen LogP contribution in [0.1, 0.15) is 50.1 Å². The first-order chi connectivity index (χ1) is 11.8. The lowest BCUT2D eigenvalue weighted by Crippen LogP contribution is -2.37. The molecule has 0 saturated heterocycles. The van der Waals surface area contributed by atoms with Gasteiger partial charge in [0.05, 0.1) is 12.8 Å². The molecule has 0 fully saturated rings. The van der Waals surface area contributed by atoms with Gasteiger partial charge in [-0.2, -0.15) is 0 Å². The van der Waals surface area contributed by atoms with Crippen LogP contribution in [0.2, 0.25) is 0 Å². The van der Waals surface area contributed by atoms with Crippen molar-refractivity contribution < 1.29 is 22.8 Å². The Balaban J connectivity index is 0.000000970. The molecule has 1 aromatic rings. The fourth-order valence-corrected chi connectivity index (χ4v) is 3.29. The number of fused-ring (bicyclic) bond motifs is 1. The maximum Gasteiger partial charge on any atom is 0.290 e. The number of carbonyl (C=O) groups is 1. The Hall–Kier alpha value is -1.45. The van der Waals surface area contributed by atoms with Crippen LogP contribution in [0.5, 0.6) is 0 Å². The standard InChI is InChI=1S/C15H27N3O3S.CH2O2/c1-4-11(5-2)9-16-12-6-7-15-13(8-12)14(18-21-15)10-17-22(3,19)20;2-1-3/h11-12,16-17H,4-10H2,1-3H3;1H,(H,2,3). The van der Waals surface area contributed by atoms with E-state index in [1.165, 1.54) is 12.8 Å². The Morgan fingerprint density at radius 1 is 1.40 bits per heavy atom. The number of hydrogen-bond acceptors (Lipinski definition) is 6. The maximum absolute atomic E-state index is 11.2. The van der Waals surface area contributed by atoms with Crippen LogP contribution in [0.3, 0.4) is 0 Å². The lowest BCUT2D eigenvalue weighted by atomic mass is 9.91. The Morgan fingerprint density at radius 3 is 2.60 bits per heavy atom.